The minimum absolute atomic E-state index is 0.0544. The van der Waals surface area contributed by atoms with Crippen LogP contribution in [0.25, 0.3) is 0 Å². The molecule has 0 radical (unpaired) electrons. The van der Waals surface area contributed by atoms with Gasteiger partial charge in [0.1, 0.15) is 0 Å². The van der Waals surface area contributed by atoms with Gasteiger partial charge in [-0.2, -0.15) is 0 Å². The third-order valence-electron chi connectivity index (χ3n) is 4.18. The summed E-state index contributed by atoms with van der Waals surface area (Å²) in [5.41, 5.74) is 0.686. The predicted octanol–water partition coefficient (Wildman–Crippen LogP) is 2.30. The third-order valence-corrected chi connectivity index (χ3v) is 4.97. The van der Waals surface area contributed by atoms with Crippen molar-refractivity contribution < 1.29 is 14.7 Å². The van der Waals surface area contributed by atoms with Crippen molar-refractivity contribution in [2.75, 3.05) is 18.4 Å². The lowest BCUT2D eigenvalue weighted by Crippen LogP contribution is -2.43. The van der Waals surface area contributed by atoms with Crippen LogP contribution in [-0.2, 0) is 17.8 Å². The SMILES string of the molecule is O=C(O)CCc1cn(CC2CCCN(C(=O)Nc3cccs3)C2)nn1. The van der Waals surface area contributed by atoms with Crippen LogP contribution < -0.4 is 5.32 Å². The molecule has 0 bridgehead atoms. The molecule has 1 atom stereocenters. The predicted molar refractivity (Wildman–Crippen MR) is 93.6 cm³/mol. The van der Waals surface area contributed by atoms with Gasteiger partial charge < -0.3 is 10.0 Å². The van der Waals surface area contributed by atoms with E-state index in [0.717, 1.165) is 24.4 Å². The van der Waals surface area contributed by atoms with Gasteiger partial charge in [-0.25, -0.2) is 4.79 Å². The van der Waals surface area contributed by atoms with Crippen LogP contribution in [0.15, 0.2) is 23.7 Å². The molecule has 1 fully saturated rings. The van der Waals surface area contributed by atoms with Crippen molar-refractivity contribution in [3.8, 4) is 0 Å². The second kappa shape index (κ2) is 8.11. The fraction of sp³-hybridized carbons (Fsp3) is 0.500. The van der Waals surface area contributed by atoms with Crippen LogP contribution in [0.5, 0.6) is 0 Å². The van der Waals surface area contributed by atoms with Gasteiger partial charge in [0.2, 0.25) is 0 Å². The molecule has 2 aromatic rings. The summed E-state index contributed by atoms with van der Waals surface area (Å²) in [4.78, 5) is 24.8. The summed E-state index contributed by atoms with van der Waals surface area (Å²) >= 11 is 1.51. The Bertz CT molecular complexity index is 715. The van der Waals surface area contributed by atoms with Gasteiger partial charge in [-0.1, -0.05) is 5.21 Å². The molecule has 1 saturated heterocycles. The van der Waals surface area contributed by atoms with Crippen molar-refractivity contribution in [3.05, 3.63) is 29.4 Å². The molecule has 8 nitrogen and oxygen atoms in total. The summed E-state index contributed by atoms with van der Waals surface area (Å²) in [6.45, 7) is 2.12. The van der Waals surface area contributed by atoms with E-state index in [-0.39, 0.29) is 12.5 Å². The number of carbonyl (C=O) groups excluding carboxylic acids is 1. The van der Waals surface area contributed by atoms with Gasteiger partial charge in [0, 0.05) is 32.3 Å². The van der Waals surface area contributed by atoms with Gasteiger partial charge in [0.15, 0.2) is 0 Å². The van der Waals surface area contributed by atoms with Crippen LogP contribution in [0, 0.1) is 5.92 Å². The van der Waals surface area contributed by atoms with Crippen molar-refractivity contribution in [2.24, 2.45) is 5.92 Å². The first-order valence-electron chi connectivity index (χ1n) is 8.30. The van der Waals surface area contributed by atoms with E-state index in [1.807, 2.05) is 22.4 Å². The Kier molecular flexibility index (Phi) is 5.64. The molecule has 2 aromatic heterocycles. The van der Waals surface area contributed by atoms with Crippen molar-refractivity contribution in [1.29, 1.82) is 0 Å². The number of carboxylic acids is 1. The number of piperidine rings is 1. The Morgan fingerprint density at radius 1 is 1.44 bits per heavy atom. The second-order valence-corrected chi connectivity index (χ2v) is 7.14. The Morgan fingerprint density at radius 2 is 2.32 bits per heavy atom. The van der Waals surface area contributed by atoms with Crippen LogP contribution in [0.4, 0.5) is 9.80 Å². The van der Waals surface area contributed by atoms with E-state index >= 15 is 0 Å². The summed E-state index contributed by atoms with van der Waals surface area (Å²) in [6, 6.07) is 3.73. The van der Waals surface area contributed by atoms with E-state index in [1.165, 1.54) is 11.3 Å². The molecule has 2 amide bonds. The van der Waals surface area contributed by atoms with Crippen LogP contribution in [0.3, 0.4) is 0 Å². The molecule has 1 aliphatic rings. The fourth-order valence-electron chi connectivity index (χ4n) is 2.97. The third kappa shape index (κ3) is 5.02. The van der Waals surface area contributed by atoms with Gasteiger partial charge in [-0.05, 0) is 36.3 Å². The number of hydrogen-bond donors (Lipinski definition) is 2. The largest absolute Gasteiger partial charge is 0.481 e. The molecule has 0 spiro atoms. The number of aromatic nitrogens is 3. The number of amides is 2. The summed E-state index contributed by atoms with van der Waals surface area (Å²) in [7, 11) is 0. The van der Waals surface area contributed by atoms with E-state index in [2.05, 4.69) is 15.6 Å². The number of hydrogen-bond acceptors (Lipinski definition) is 5. The fourth-order valence-corrected chi connectivity index (χ4v) is 3.58. The monoisotopic (exact) mass is 363 g/mol. The minimum atomic E-state index is -0.839. The minimum Gasteiger partial charge on any atom is -0.481 e. The normalized spacial score (nSPS) is 17.4. The molecular weight excluding hydrogens is 342 g/mol. The second-order valence-electron chi connectivity index (χ2n) is 6.19. The zero-order valence-corrected chi connectivity index (χ0v) is 14.6. The first-order valence-corrected chi connectivity index (χ1v) is 9.18. The van der Waals surface area contributed by atoms with Crippen LogP contribution >= 0.6 is 11.3 Å². The zero-order chi connectivity index (χ0) is 17.6. The molecule has 25 heavy (non-hydrogen) atoms. The number of rotatable bonds is 6. The number of carbonyl (C=O) groups is 2. The maximum Gasteiger partial charge on any atom is 0.322 e. The lowest BCUT2D eigenvalue weighted by atomic mass is 9.98. The number of nitrogens with zero attached hydrogens (tertiary/aromatic N) is 4. The van der Waals surface area contributed by atoms with Crippen LogP contribution in [0.1, 0.15) is 25.0 Å². The van der Waals surface area contributed by atoms with Gasteiger partial charge in [-0.3, -0.25) is 14.8 Å². The quantitative estimate of drug-likeness (QED) is 0.820. The average molecular weight is 363 g/mol. The van der Waals surface area contributed by atoms with E-state index in [4.69, 9.17) is 5.11 Å². The van der Waals surface area contributed by atoms with Gasteiger partial charge >= 0.3 is 12.0 Å². The van der Waals surface area contributed by atoms with E-state index < -0.39 is 5.97 Å². The maximum absolute atomic E-state index is 12.3. The van der Waals surface area contributed by atoms with Gasteiger partial charge in [-0.15, -0.1) is 16.4 Å². The number of nitrogens with one attached hydrogen (secondary N) is 1. The zero-order valence-electron chi connectivity index (χ0n) is 13.8. The number of carboxylic acid groups (broad SMARTS) is 1. The summed E-state index contributed by atoms with van der Waals surface area (Å²) in [5, 5.41) is 22.5. The first kappa shape index (κ1) is 17.4. The molecule has 3 rings (SSSR count). The highest BCUT2D eigenvalue weighted by molar-refractivity contribution is 7.14. The van der Waals surface area contributed by atoms with Crippen molar-refractivity contribution in [2.45, 2.75) is 32.2 Å². The van der Waals surface area contributed by atoms with E-state index in [9.17, 15) is 9.59 Å². The molecule has 2 N–H and O–H groups in total. The summed E-state index contributed by atoms with van der Waals surface area (Å²) in [6.07, 6.45) is 4.23. The molecular formula is C16H21N5O3S. The lowest BCUT2D eigenvalue weighted by molar-refractivity contribution is -0.136. The number of aryl methyl sites for hydroxylation is 1. The maximum atomic E-state index is 12.3. The molecule has 0 aliphatic carbocycles. The Hall–Kier alpha value is -2.42. The molecule has 134 valence electrons. The smallest absolute Gasteiger partial charge is 0.322 e. The van der Waals surface area contributed by atoms with Crippen molar-refractivity contribution >= 4 is 28.3 Å². The molecule has 0 aromatic carbocycles. The highest BCUT2D eigenvalue weighted by atomic mass is 32.1. The molecule has 9 heteroatoms. The van der Waals surface area contributed by atoms with Crippen molar-refractivity contribution in [1.82, 2.24) is 19.9 Å². The molecule has 1 aliphatic heterocycles. The van der Waals surface area contributed by atoms with E-state index in [1.54, 1.807) is 10.9 Å². The Labute approximate surface area is 149 Å². The summed E-state index contributed by atoms with van der Waals surface area (Å²) < 4.78 is 1.75. The number of likely N-dealkylation sites (tertiary alicyclic amines) is 1. The van der Waals surface area contributed by atoms with Gasteiger partial charge in [0.05, 0.1) is 17.1 Å². The molecule has 0 saturated carbocycles. The first-order chi connectivity index (χ1) is 12.1. The average Bonchev–Trinajstić information content (AvgIpc) is 3.25. The highest BCUT2D eigenvalue weighted by Gasteiger charge is 2.24. The number of aliphatic carboxylic acids is 1. The summed E-state index contributed by atoms with van der Waals surface area (Å²) in [5.74, 6) is -0.522. The van der Waals surface area contributed by atoms with Gasteiger partial charge in [0.25, 0.3) is 0 Å². The highest BCUT2D eigenvalue weighted by Crippen LogP contribution is 2.21. The Morgan fingerprint density at radius 3 is 3.08 bits per heavy atom. The van der Waals surface area contributed by atoms with Crippen LogP contribution in [-0.4, -0.2) is 50.1 Å². The lowest BCUT2D eigenvalue weighted by Gasteiger charge is -2.32. The topological polar surface area (TPSA) is 100 Å². The standard InChI is InChI=1S/C16H21N5O3S/c22-15(23)6-5-13-11-21(19-18-13)10-12-3-1-7-20(9-12)16(24)17-14-4-2-8-25-14/h2,4,8,11-12H,1,3,5-7,9-10H2,(H,17,24)(H,22,23). The van der Waals surface area contributed by atoms with E-state index in [0.29, 0.717) is 31.1 Å². The molecule has 1 unspecified atom stereocenters. The molecule has 3 heterocycles. The Balaban J connectivity index is 1.51. The number of urea groups is 1. The van der Waals surface area contributed by atoms with Crippen molar-refractivity contribution in [3.63, 3.8) is 0 Å². The number of thiophene rings is 1. The van der Waals surface area contributed by atoms with Crippen LogP contribution in [0.2, 0.25) is 0 Å². The number of anilines is 1.